The normalized spacial score (nSPS) is 12.6. The molecule has 1 atom stereocenters. The number of carboxylic acid groups (broad SMARTS) is 1. The maximum Gasteiger partial charge on any atom is 0.316 e. The van der Waals surface area contributed by atoms with Crippen molar-refractivity contribution in [1.29, 1.82) is 0 Å². The molecule has 8 nitrogen and oxygen atoms in total. The largest absolute Gasteiger partial charge is 0.481 e. The van der Waals surface area contributed by atoms with Crippen LogP contribution in [0.4, 0.5) is 0 Å². The SMILES string of the molecule is O=C(O)C(Cc1cnn(Cc2ccccc2)c1)C(=O)NS(=O)(=O)CC=Cc1ccc2ccccc2c1. The number of carbonyl (C=O) groups is 2. The number of aliphatic carboxylic acids is 1. The number of sulfonamides is 1. The zero-order valence-electron chi connectivity index (χ0n) is 19.3. The summed E-state index contributed by atoms with van der Waals surface area (Å²) in [6, 6.07) is 23.1. The van der Waals surface area contributed by atoms with Crippen LogP contribution in [0.15, 0.2) is 91.3 Å². The van der Waals surface area contributed by atoms with E-state index >= 15 is 0 Å². The first-order chi connectivity index (χ1) is 17.3. The van der Waals surface area contributed by atoms with Crippen LogP contribution in [-0.4, -0.2) is 40.9 Å². The molecule has 1 unspecified atom stereocenters. The van der Waals surface area contributed by atoms with Gasteiger partial charge >= 0.3 is 5.97 Å². The molecule has 0 saturated heterocycles. The van der Waals surface area contributed by atoms with E-state index in [-0.39, 0.29) is 6.42 Å². The standard InChI is InChI=1S/C27H25N3O5S/c31-26(25(27(32)33)16-22-17-28-30(19-22)18-21-7-2-1-3-8-21)29-36(34,35)14-6-9-20-12-13-23-10-4-5-11-24(23)15-20/h1-13,15,17,19,25H,14,16,18H2,(H,29,31)(H,32,33). The minimum absolute atomic E-state index is 0.182. The maximum atomic E-state index is 12.6. The molecule has 3 aromatic carbocycles. The third kappa shape index (κ3) is 6.67. The van der Waals surface area contributed by atoms with Crippen LogP contribution in [0, 0.1) is 5.92 Å². The van der Waals surface area contributed by atoms with Crippen LogP contribution in [0.2, 0.25) is 0 Å². The number of amides is 1. The van der Waals surface area contributed by atoms with Crippen LogP contribution < -0.4 is 4.72 Å². The van der Waals surface area contributed by atoms with Gasteiger partial charge < -0.3 is 5.11 Å². The van der Waals surface area contributed by atoms with Crippen molar-refractivity contribution in [2.24, 2.45) is 5.92 Å². The van der Waals surface area contributed by atoms with E-state index in [1.165, 1.54) is 12.3 Å². The molecule has 1 aromatic heterocycles. The second kappa shape index (κ2) is 11.0. The molecule has 0 spiro atoms. The Labute approximate surface area is 208 Å². The Morgan fingerprint density at radius 2 is 1.69 bits per heavy atom. The second-order valence-corrected chi connectivity index (χ2v) is 10.2. The summed E-state index contributed by atoms with van der Waals surface area (Å²) in [5, 5.41) is 15.9. The first kappa shape index (κ1) is 24.9. The van der Waals surface area contributed by atoms with E-state index in [2.05, 4.69) is 5.10 Å². The average molecular weight is 504 g/mol. The van der Waals surface area contributed by atoms with E-state index < -0.39 is 33.6 Å². The Balaban J connectivity index is 1.36. The van der Waals surface area contributed by atoms with Crippen molar-refractivity contribution < 1.29 is 23.1 Å². The first-order valence-electron chi connectivity index (χ1n) is 11.3. The van der Waals surface area contributed by atoms with E-state index in [0.29, 0.717) is 12.1 Å². The number of carbonyl (C=O) groups excluding carboxylic acids is 1. The number of aromatic nitrogens is 2. The molecular formula is C27H25N3O5S. The van der Waals surface area contributed by atoms with Crippen LogP contribution in [0.5, 0.6) is 0 Å². The predicted molar refractivity (Wildman–Crippen MR) is 138 cm³/mol. The van der Waals surface area contributed by atoms with Gasteiger partial charge in [-0.05, 0) is 39.9 Å². The maximum absolute atomic E-state index is 12.6. The molecule has 2 N–H and O–H groups in total. The highest BCUT2D eigenvalue weighted by atomic mass is 32.2. The quantitative estimate of drug-likeness (QED) is 0.320. The summed E-state index contributed by atoms with van der Waals surface area (Å²) in [6.45, 7) is 0.489. The van der Waals surface area contributed by atoms with Crippen LogP contribution in [0.3, 0.4) is 0 Å². The Morgan fingerprint density at radius 1 is 0.972 bits per heavy atom. The number of hydrogen-bond acceptors (Lipinski definition) is 5. The Kier molecular flexibility index (Phi) is 7.60. The van der Waals surface area contributed by atoms with Gasteiger partial charge in [-0.1, -0.05) is 78.9 Å². The van der Waals surface area contributed by atoms with Crippen molar-refractivity contribution in [1.82, 2.24) is 14.5 Å². The molecular weight excluding hydrogens is 478 g/mol. The highest BCUT2D eigenvalue weighted by molar-refractivity contribution is 7.90. The zero-order valence-corrected chi connectivity index (χ0v) is 20.1. The number of hydrogen-bond donors (Lipinski definition) is 2. The molecule has 0 aliphatic carbocycles. The van der Waals surface area contributed by atoms with Crippen molar-refractivity contribution >= 4 is 38.7 Å². The van der Waals surface area contributed by atoms with E-state index in [1.54, 1.807) is 17.0 Å². The van der Waals surface area contributed by atoms with Gasteiger partial charge in [0, 0.05) is 6.20 Å². The van der Waals surface area contributed by atoms with Crippen LogP contribution in [0.1, 0.15) is 16.7 Å². The Morgan fingerprint density at radius 3 is 2.44 bits per heavy atom. The van der Waals surface area contributed by atoms with E-state index in [0.717, 1.165) is 21.9 Å². The molecule has 0 fully saturated rings. The van der Waals surface area contributed by atoms with E-state index in [9.17, 15) is 23.1 Å². The van der Waals surface area contributed by atoms with Crippen molar-refractivity contribution in [3.05, 3.63) is 108 Å². The van der Waals surface area contributed by atoms with Gasteiger partial charge in [0.25, 0.3) is 0 Å². The third-order valence-corrected chi connectivity index (χ3v) is 6.73. The first-order valence-corrected chi connectivity index (χ1v) is 12.9. The van der Waals surface area contributed by atoms with Gasteiger partial charge in [0.1, 0.15) is 5.92 Å². The number of rotatable bonds is 10. The molecule has 1 heterocycles. The molecule has 0 aliphatic rings. The van der Waals surface area contributed by atoms with Gasteiger partial charge in [-0.25, -0.2) is 8.42 Å². The van der Waals surface area contributed by atoms with Gasteiger partial charge in [-0.3, -0.25) is 19.0 Å². The molecule has 4 aromatic rings. The van der Waals surface area contributed by atoms with Crippen LogP contribution in [-0.2, 0) is 32.6 Å². The highest BCUT2D eigenvalue weighted by Gasteiger charge is 2.30. The minimum Gasteiger partial charge on any atom is -0.481 e. The van der Waals surface area contributed by atoms with Gasteiger partial charge in [-0.2, -0.15) is 5.10 Å². The third-order valence-electron chi connectivity index (χ3n) is 5.58. The Bertz CT molecular complexity index is 1510. The number of carboxylic acids is 1. The highest BCUT2D eigenvalue weighted by Crippen LogP contribution is 2.17. The summed E-state index contributed by atoms with van der Waals surface area (Å²) in [5.74, 6) is -4.53. The average Bonchev–Trinajstić information content (AvgIpc) is 3.29. The van der Waals surface area contributed by atoms with Gasteiger partial charge in [-0.15, -0.1) is 0 Å². The lowest BCUT2D eigenvalue weighted by molar-refractivity contribution is -0.146. The van der Waals surface area contributed by atoms with E-state index in [1.807, 2.05) is 77.5 Å². The molecule has 4 rings (SSSR count). The predicted octanol–water partition coefficient (Wildman–Crippen LogP) is 3.49. The summed E-state index contributed by atoms with van der Waals surface area (Å²) >= 11 is 0. The van der Waals surface area contributed by atoms with Gasteiger partial charge in [0.05, 0.1) is 18.5 Å². The smallest absolute Gasteiger partial charge is 0.316 e. The van der Waals surface area contributed by atoms with Crippen molar-refractivity contribution in [3.63, 3.8) is 0 Å². The fourth-order valence-electron chi connectivity index (χ4n) is 3.79. The molecule has 36 heavy (non-hydrogen) atoms. The van der Waals surface area contributed by atoms with Gasteiger partial charge in [0.15, 0.2) is 0 Å². The summed E-state index contributed by atoms with van der Waals surface area (Å²) < 4.78 is 28.4. The molecule has 0 saturated carbocycles. The lowest BCUT2D eigenvalue weighted by Crippen LogP contribution is -2.40. The van der Waals surface area contributed by atoms with Crippen LogP contribution >= 0.6 is 0 Å². The topological polar surface area (TPSA) is 118 Å². The lowest BCUT2D eigenvalue weighted by Gasteiger charge is -2.11. The van der Waals surface area contributed by atoms with Crippen molar-refractivity contribution in [2.45, 2.75) is 13.0 Å². The minimum atomic E-state index is -4.07. The second-order valence-electron chi connectivity index (χ2n) is 8.38. The molecule has 1 amide bonds. The zero-order chi connectivity index (χ0) is 25.5. The van der Waals surface area contributed by atoms with Crippen molar-refractivity contribution in [2.75, 3.05) is 5.75 Å². The molecule has 184 valence electrons. The number of nitrogens with one attached hydrogen (secondary N) is 1. The van der Waals surface area contributed by atoms with Crippen LogP contribution in [0.25, 0.3) is 16.8 Å². The molecule has 9 heteroatoms. The lowest BCUT2D eigenvalue weighted by atomic mass is 10.0. The number of benzene rings is 3. The summed E-state index contributed by atoms with van der Waals surface area (Å²) in [6.07, 6.45) is 6.01. The summed E-state index contributed by atoms with van der Waals surface area (Å²) in [5.41, 5.74) is 2.34. The van der Waals surface area contributed by atoms with Gasteiger partial charge in [0.2, 0.25) is 15.9 Å². The summed E-state index contributed by atoms with van der Waals surface area (Å²) in [7, 11) is -4.07. The van der Waals surface area contributed by atoms with Crippen molar-refractivity contribution in [3.8, 4) is 0 Å². The Hall–Kier alpha value is -4.24. The number of nitrogens with zero attached hydrogens (tertiary/aromatic N) is 2. The molecule has 0 aliphatic heterocycles. The molecule has 0 bridgehead atoms. The fourth-order valence-corrected chi connectivity index (χ4v) is 4.67. The fraction of sp³-hybridized carbons (Fsp3) is 0.148. The number of fused-ring (bicyclic) bond motifs is 1. The molecule has 0 radical (unpaired) electrons. The summed E-state index contributed by atoms with van der Waals surface area (Å²) in [4.78, 5) is 24.3. The van der Waals surface area contributed by atoms with E-state index in [4.69, 9.17) is 0 Å². The monoisotopic (exact) mass is 503 g/mol.